The third-order valence-corrected chi connectivity index (χ3v) is 3.50. The maximum Gasteiger partial charge on any atom is 0.152 e. The summed E-state index contributed by atoms with van der Waals surface area (Å²) in [7, 11) is 0. The number of rotatable bonds is 3. The van der Waals surface area contributed by atoms with E-state index in [1.165, 1.54) is 30.4 Å². The zero-order chi connectivity index (χ0) is 12.3. The SMILES string of the molecule is CC(=O)/C=C/C1=C(C(C)C)CCCC1(C)C. The van der Waals surface area contributed by atoms with Crippen LogP contribution in [0.25, 0.3) is 0 Å². The van der Waals surface area contributed by atoms with Crippen LogP contribution in [0, 0.1) is 11.3 Å². The highest BCUT2D eigenvalue weighted by atomic mass is 16.1. The maximum atomic E-state index is 11.1. The fourth-order valence-electron chi connectivity index (χ4n) is 2.56. The minimum Gasteiger partial charge on any atom is -0.295 e. The van der Waals surface area contributed by atoms with Gasteiger partial charge in [0.05, 0.1) is 0 Å². The fourth-order valence-corrected chi connectivity index (χ4v) is 2.56. The number of carbonyl (C=O) groups is 1. The predicted octanol–water partition coefficient (Wildman–Crippen LogP) is 4.29. The van der Waals surface area contributed by atoms with Gasteiger partial charge in [0.15, 0.2) is 5.78 Å². The molecule has 0 unspecified atom stereocenters. The zero-order valence-electron chi connectivity index (χ0n) is 11.3. The van der Waals surface area contributed by atoms with Crippen molar-refractivity contribution < 1.29 is 4.79 Å². The molecular formula is C15H24O. The Hall–Kier alpha value is -0.850. The molecule has 0 aromatic carbocycles. The van der Waals surface area contributed by atoms with E-state index >= 15 is 0 Å². The Morgan fingerprint density at radius 3 is 2.50 bits per heavy atom. The molecule has 1 rings (SSSR count). The number of hydrogen-bond donors (Lipinski definition) is 0. The third-order valence-electron chi connectivity index (χ3n) is 3.50. The van der Waals surface area contributed by atoms with Crippen molar-refractivity contribution in [2.45, 2.75) is 53.9 Å². The third kappa shape index (κ3) is 3.07. The van der Waals surface area contributed by atoms with E-state index in [1.54, 1.807) is 13.0 Å². The molecule has 16 heavy (non-hydrogen) atoms. The van der Waals surface area contributed by atoms with Crippen LogP contribution >= 0.6 is 0 Å². The molecule has 0 fully saturated rings. The second-order valence-electron chi connectivity index (χ2n) is 5.78. The number of ketones is 1. The summed E-state index contributed by atoms with van der Waals surface area (Å²) in [5.41, 5.74) is 3.15. The molecule has 1 aliphatic carbocycles. The lowest BCUT2D eigenvalue weighted by molar-refractivity contribution is -0.112. The predicted molar refractivity (Wildman–Crippen MR) is 69.3 cm³/mol. The van der Waals surface area contributed by atoms with Gasteiger partial charge in [-0.05, 0) is 49.2 Å². The standard InChI is InChI=1S/C15H24O/c1-11(2)13-7-6-10-15(4,5)14(13)9-8-12(3)16/h8-9,11H,6-7,10H2,1-5H3/b9-8+. The van der Waals surface area contributed by atoms with Gasteiger partial charge in [-0.25, -0.2) is 0 Å². The monoisotopic (exact) mass is 220 g/mol. The summed E-state index contributed by atoms with van der Waals surface area (Å²) < 4.78 is 0. The average molecular weight is 220 g/mol. The van der Waals surface area contributed by atoms with Crippen LogP contribution in [-0.2, 0) is 4.79 Å². The minimum absolute atomic E-state index is 0.136. The first-order chi connectivity index (χ1) is 7.34. The summed E-state index contributed by atoms with van der Waals surface area (Å²) in [6.45, 7) is 10.7. The van der Waals surface area contributed by atoms with E-state index in [0.717, 1.165) is 0 Å². The normalized spacial score (nSPS) is 20.9. The van der Waals surface area contributed by atoms with Crippen molar-refractivity contribution in [3.63, 3.8) is 0 Å². The highest BCUT2D eigenvalue weighted by Gasteiger charge is 2.29. The fraction of sp³-hybridized carbons (Fsp3) is 0.667. The van der Waals surface area contributed by atoms with Gasteiger partial charge in [-0.2, -0.15) is 0 Å². The Labute approximate surface area is 99.6 Å². The molecule has 0 bridgehead atoms. The van der Waals surface area contributed by atoms with Crippen molar-refractivity contribution in [3.8, 4) is 0 Å². The van der Waals surface area contributed by atoms with Gasteiger partial charge in [0.25, 0.3) is 0 Å². The molecule has 1 nitrogen and oxygen atoms in total. The maximum absolute atomic E-state index is 11.1. The van der Waals surface area contributed by atoms with E-state index in [9.17, 15) is 4.79 Å². The van der Waals surface area contributed by atoms with E-state index in [4.69, 9.17) is 0 Å². The smallest absolute Gasteiger partial charge is 0.152 e. The van der Waals surface area contributed by atoms with Crippen molar-refractivity contribution in [3.05, 3.63) is 23.3 Å². The van der Waals surface area contributed by atoms with Crippen molar-refractivity contribution >= 4 is 5.78 Å². The van der Waals surface area contributed by atoms with Crippen LogP contribution in [0.5, 0.6) is 0 Å². The first kappa shape index (κ1) is 13.2. The van der Waals surface area contributed by atoms with Gasteiger partial charge in [0.1, 0.15) is 0 Å². The molecule has 0 amide bonds. The molecule has 0 aliphatic heterocycles. The summed E-state index contributed by atoms with van der Waals surface area (Å²) in [4.78, 5) is 11.1. The molecule has 0 N–H and O–H groups in total. The van der Waals surface area contributed by atoms with Crippen LogP contribution < -0.4 is 0 Å². The first-order valence-electron chi connectivity index (χ1n) is 6.27. The molecule has 0 saturated carbocycles. The average Bonchev–Trinajstić information content (AvgIpc) is 2.13. The molecule has 1 heteroatoms. The molecule has 0 heterocycles. The summed E-state index contributed by atoms with van der Waals surface area (Å²) in [5.74, 6) is 0.725. The van der Waals surface area contributed by atoms with Crippen molar-refractivity contribution in [1.82, 2.24) is 0 Å². The van der Waals surface area contributed by atoms with Gasteiger partial charge in [-0.3, -0.25) is 4.79 Å². The zero-order valence-corrected chi connectivity index (χ0v) is 11.3. The van der Waals surface area contributed by atoms with E-state index in [0.29, 0.717) is 5.92 Å². The summed E-state index contributed by atoms with van der Waals surface area (Å²) >= 11 is 0. The molecular weight excluding hydrogens is 196 g/mol. The topological polar surface area (TPSA) is 17.1 Å². The second kappa shape index (κ2) is 4.99. The van der Waals surface area contributed by atoms with Gasteiger partial charge in [-0.15, -0.1) is 0 Å². The van der Waals surface area contributed by atoms with Crippen LogP contribution in [0.15, 0.2) is 23.3 Å². The highest BCUT2D eigenvalue weighted by molar-refractivity contribution is 5.87. The van der Waals surface area contributed by atoms with E-state index in [-0.39, 0.29) is 11.2 Å². The van der Waals surface area contributed by atoms with Crippen molar-refractivity contribution in [1.29, 1.82) is 0 Å². The number of allylic oxidation sites excluding steroid dienone is 4. The summed E-state index contributed by atoms with van der Waals surface area (Å²) in [5, 5.41) is 0. The Kier molecular flexibility index (Phi) is 4.12. The van der Waals surface area contributed by atoms with Crippen LogP contribution in [-0.4, -0.2) is 5.78 Å². The quantitative estimate of drug-likeness (QED) is 0.648. The van der Waals surface area contributed by atoms with E-state index < -0.39 is 0 Å². The van der Waals surface area contributed by atoms with Gasteiger partial charge < -0.3 is 0 Å². The van der Waals surface area contributed by atoms with Crippen LogP contribution in [0.4, 0.5) is 0 Å². The van der Waals surface area contributed by atoms with Crippen LogP contribution in [0.3, 0.4) is 0 Å². The molecule has 0 radical (unpaired) electrons. The number of hydrogen-bond acceptors (Lipinski definition) is 1. The van der Waals surface area contributed by atoms with Crippen LogP contribution in [0.1, 0.15) is 53.9 Å². The number of carbonyl (C=O) groups excluding carboxylic acids is 1. The van der Waals surface area contributed by atoms with E-state index in [2.05, 4.69) is 33.8 Å². The van der Waals surface area contributed by atoms with Crippen LogP contribution in [0.2, 0.25) is 0 Å². The summed E-state index contributed by atoms with van der Waals surface area (Å²) in [6, 6.07) is 0. The lowest BCUT2D eigenvalue weighted by atomic mass is 9.70. The molecule has 90 valence electrons. The Bertz CT molecular complexity index is 329. The highest BCUT2D eigenvalue weighted by Crippen LogP contribution is 2.43. The Morgan fingerprint density at radius 2 is 2.00 bits per heavy atom. The van der Waals surface area contributed by atoms with Gasteiger partial charge in [0.2, 0.25) is 0 Å². The van der Waals surface area contributed by atoms with Gasteiger partial charge in [-0.1, -0.05) is 39.3 Å². The summed E-state index contributed by atoms with van der Waals surface area (Å²) in [6.07, 6.45) is 7.46. The van der Waals surface area contributed by atoms with E-state index in [1.807, 2.05) is 0 Å². The first-order valence-corrected chi connectivity index (χ1v) is 6.27. The molecule has 0 atom stereocenters. The lowest BCUT2D eigenvalue weighted by Gasteiger charge is -2.35. The van der Waals surface area contributed by atoms with Gasteiger partial charge in [0, 0.05) is 0 Å². The Balaban J connectivity index is 3.13. The molecule has 0 spiro atoms. The van der Waals surface area contributed by atoms with Gasteiger partial charge >= 0.3 is 0 Å². The van der Waals surface area contributed by atoms with Crippen molar-refractivity contribution in [2.24, 2.45) is 11.3 Å². The largest absolute Gasteiger partial charge is 0.295 e. The Morgan fingerprint density at radius 1 is 1.38 bits per heavy atom. The lowest BCUT2D eigenvalue weighted by Crippen LogP contribution is -2.21. The molecule has 0 aromatic rings. The second-order valence-corrected chi connectivity index (χ2v) is 5.78. The molecule has 1 aliphatic rings. The molecule has 0 saturated heterocycles. The van der Waals surface area contributed by atoms with Crippen molar-refractivity contribution in [2.75, 3.05) is 0 Å². The minimum atomic E-state index is 0.136. The molecule has 0 aromatic heterocycles.